The molecular formula is C7H18NO3S+. The van der Waals surface area contributed by atoms with E-state index in [9.17, 15) is 8.42 Å². The van der Waals surface area contributed by atoms with E-state index in [4.69, 9.17) is 4.55 Å². The van der Waals surface area contributed by atoms with Crippen molar-refractivity contribution in [3.05, 3.63) is 0 Å². The van der Waals surface area contributed by atoms with Gasteiger partial charge in [-0.15, -0.1) is 0 Å². The fraction of sp³-hybridized carbons (Fsp3) is 1.00. The molecule has 0 spiro atoms. The maximum Gasteiger partial charge on any atom is 0.270 e. The van der Waals surface area contributed by atoms with E-state index < -0.39 is 10.1 Å². The van der Waals surface area contributed by atoms with Gasteiger partial charge in [0.05, 0.1) is 27.2 Å². The van der Waals surface area contributed by atoms with Crippen LogP contribution in [0.5, 0.6) is 0 Å². The fourth-order valence-electron chi connectivity index (χ4n) is 1.08. The zero-order valence-corrected chi connectivity index (χ0v) is 8.76. The molecule has 0 aliphatic carbocycles. The third-order valence-corrected chi connectivity index (χ3v) is 2.48. The van der Waals surface area contributed by atoms with Crippen LogP contribution in [0.15, 0.2) is 0 Å². The summed E-state index contributed by atoms with van der Waals surface area (Å²) in [5.41, 5.74) is 0. The lowest BCUT2D eigenvalue weighted by atomic mass is 10.4. The van der Waals surface area contributed by atoms with Crippen molar-refractivity contribution in [1.82, 2.24) is 0 Å². The van der Waals surface area contributed by atoms with Gasteiger partial charge in [-0.05, 0) is 6.42 Å². The second kappa shape index (κ2) is 4.20. The summed E-state index contributed by atoms with van der Waals surface area (Å²) < 4.78 is 30.0. The van der Waals surface area contributed by atoms with Crippen LogP contribution in [0.25, 0.3) is 0 Å². The summed E-state index contributed by atoms with van der Waals surface area (Å²) in [6, 6.07) is 0. The number of quaternary nitrogens is 1. The molecule has 0 saturated carbocycles. The molecule has 0 bridgehead atoms. The first-order valence-electron chi connectivity index (χ1n) is 4.04. The van der Waals surface area contributed by atoms with E-state index in [0.717, 1.165) is 13.0 Å². The van der Waals surface area contributed by atoms with Crippen LogP contribution in [0.2, 0.25) is 0 Å². The third kappa shape index (κ3) is 6.57. The van der Waals surface area contributed by atoms with Gasteiger partial charge in [-0.3, -0.25) is 4.55 Å². The van der Waals surface area contributed by atoms with Crippen LogP contribution in [-0.2, 0) is 10.1 Å². The zero-order valence-electron chi connectivity index (χ0n) is 7.95. The zero-order chi connectivity index (χ0) is 9.83. The molecule has 0 aromatic carbocycles. The molecule has 0 aromatic heterocycles. The van der Waals surface area contributed by atoms with Crippen LogP contribution in [0.3, 0.4) is 0 Å². The smallest absolute Gasteiger partial charge is 0.270 e. The largest absolute Gasteiger partial charge is 0.328 e. The summed E-state index contributed by atoms with van der Waals surface area (Å²) in [6.45, 7) is 3.44. The lowest BCUT2D eigenvalue weighted by Crippen LogP contribution is -2.43. The van der Waals surface area contributed by atoms with Crippen LogP contribution in [0.1, 0.15) is 13.3 Å². The Hall–Kier alpha value is -0.130. The first-order valence-corrected chi connectivity index (χ1v) is 5.65. The summed E-state index contributed by atoms with van der Waals surface area (Å²) in [4.78, 5) is 0. The van der Waals surface area contributed by atoms with Gasteiger partial charge in [0.15, 0.2) is 0 Å². The highest BCUT2D eigenvalue weighted by atomic mass is 32.2. The van der Waals surface area contributed by atoms with Gasteiger partial charge < -0.3 is 4.48 Å². The normalized spacial score (nSPS) is 13.3. The van der Waals surface area contributed by atoms with Crippen LogP contribution >= 0.6 is 0 Å². The maximum atomic E-state index is 10.4. The van der Waals surface area contributed by atoms with Crippen LogP contribution < -0.4 is 0 Å². The van der Waals surface area contributed by atoms with Gasteiger partial charge in [0.2, 0.25) is 0 Å². The lowest BCUT2D eigenvalue weighted by molar-refractivity contribution is -0.887. The first kappa shape index (κ1) is 11.9. The van der Waals surface area contributed by atoms with E-state index in [-0.39, 0.29) is 5.75 Å². The van der Waals surface area contributed by atoms with Gasteiger partial charge in [0.25, 0.3) is 10.1 Å². The average molecular weight is 196 g/mol. The Morgan fingerprint density at radius 1 is 1.25 bits per heavy atom. The van der Waals surface area contributed by atoms with Gasteiger partial charge in [-0.25, -0.2) is 0 Å². The van der Waals surface area contributed by atoms with Gasteiger partial charge in [-0.1, -0.05) is 6.92 Å². The quantitative estimate of drug-likeness (QED) is 0.510. The van der Waals surface area contributed by atoms with Crippen molar-refractivity contribution in [3.8, 4) is 0 Å². The summed E-state index contributed by atoms with van der Waals surface area (Å²) in [6.07, 6.45) is 1.01. The molecule has 12 heavy (non-hydrogen) atoms. The number of rotatable bonds is 5. The Labute approximate surface area is 74.5 Å². The summed E-state index contributed by atoms with van der Waals surface area (Å²) >= 11 is 0. The predicted molar refractivity (Wildman–Crippen MR) is 48.5 cm³/mol. The molecule has 0 radical (unpaired) electrons. The Balaban J connectivity index is 3.92. The standard InChI is InChI=1S/C7H17NO3S/c1-4-5-8(2,3)6-7-12(9,10)11/h4-7H2,1-3H3/p+1. The van der Waals surface area contributed by atoms with Crippen molar-refractivity contribution in [3.63, 3.8) is 0 Å². The van der Waals surface area contributed by atoms with Gasteiger partial charge in [0.1, 0.15) is 5.75 Å². The minimum Gasteiger partial charge on any atom is -0.328 e. The van der Waals surface area contributed by atoms with Gasteiger partial charge >= 0.3 is 0 Å². The van der Waals surface area contributed by atoms with Crippen molar-refractivity contribution in [2.24, 2.45) is 0 Å². The number of nitrogens with zero attached hydrogens (tertiary/aromatic N) is 1. The Kier molecular flexibility index (Phi) is 4.16. The summed E-state index contributed by atoms with van der Waals surface area (Å²) in [7, 11) is 0.115. The molecule has 5 heteroatoms. The van der Waals surface area contributed by atoms with E-state index in [1.165, 1.54) is 0 Å². The minimum atomic E-state index is -3.79. The van der Waals surface area contributed by atoms with Crippen LogP contribution in [0, 0.1) is 0 Å². The first-order chi connectivity index (χ1) is 5.27. The van der Waals surface area contributed by atoms with Crippen molar-refractivity contribution >= 4 is 10.1 Å². The van der Waals surface area contributed by atoms with Crippen LogP contribution in [0.4, 0.5) is 0 Å². The molecule has 0 aliphatic heterocycles. The molecule has 0 aliphatic rings. The Morgan fingerprint density at radius 3 is 2.08 bits per heavy atom. The van der Waals surface area contributed by atoms with Crippen molar-refractivity contribution in [1.29, 1.82) is 0 Å². The average Bonchev–Trinajstić information content (AvgIpc) is 1.83. The third-order valence-electron chi connectivity index (χ3n) is 1.78. The number of hydrogen-bond acceptors (Lipinski definition) is 2. The Morgan fingerprint density at radius 2 is 1.75 bits per heavy atom. The molecule has 74 valence electrons. The van der Waals surface area contributed by atoms with Crippen LogP contribution in [-0.4, -0.2) is 50.4 Å². The molecule has 1 N–H and O–H groups in total. The maximum absolute atomic E-state index is 10.4. The summed E-state index contributed by atoms with van der Waals surface area (Å²) in [5.74, 6) is -0.153. The molecule has 0 saturated heterocycles. The van der Waals surface area contributed by atoms with E-state index in [1.54, 1.807) is 0 Å². The lowest BCUT2D eigenvalue weighted by Gasteiger charge is -2.28. The number of hydrogen-bond donors (Lipinski definition) is 1. The molecule has 0 heterocycles. The molecule has 0 unspecified atom stereocenters. The molecule has 0 rings (SSSR count). The minimum absolute atomic E-state index is 0.153. The highest BCUT2D eigenvalue weighted by Crippen LogP contribution is 1.99. The molecular weight excluding hydrogens is 178 g/mol. The van der Waals surface area contributed by atoms with E-state index in [2.05, 4.69) is 0 Å². The molecule has 0 atom stereocenters. The van der Waals surface area contributed by atoms with E-state index in [0.29, 0.717) is 11.0 Å². The van der Waals surface area contributed by atoms with Crippen molar-refractivity contribution in [2.75, 3.05) is 32.9 Å². The van der Waals surface area contributed by atoms with Crippen molar-refractivity contribution < 1.29 is 17.5 Å². The summed E-state index contributed by atoms with van der Waals surface area (Å²) in [5, 5.41) is 0. The van der Waals surface area contributed by atoms with E-state index >= 15 is 0 Å². The second-order valence-electron chi connectivity index (χ2n) is 3.67. The van der Waals surface area contributed by atoms with Crippen molar-refractivity contribution in [2.45, 2.75) is 13.3 Å². The SMILES string of the molecule is CCC[N+](C)(C)CCS(=O)(=O)O. The topological polar surface area (TPSA) is 54.4 Å². The second-order valence-corrected chi connectivity index (χ2v) is 5.24. The van der Waals surface area contributed by atoms with E-state index in [1.807, 2.05) is 21.0 Å². The highest BCUT2D eigenvalue weighted by molar-refractivity contribution is 7.85. The molecule has 0 aromatic rings. The monoisotopic (exact) mass is 196 g/mol. The highest BCUT2D eigenvalue weighted by Gasteiger charge is 2.17. The molecule has 4 nitrogen and oxygen atoms in total. The molecule has 0 fully saturated rings. The fourth-order valence-corrected chi connectivity index (χ4v) is 1.80. The van der Waals surface area contributed by atoms with Gasteiger partial charge in [0, 0.05) is 0 Å². The predicted octanol–water partition coefficient (Wildman–Crippen LogP) is 0.361. The molecule has 0 amide bonds. The van der Waals surface area contributed by atoms with Gasteiger partial charge in [-0.2, -0.15) is 8.42 Å². The Bertz CT molecular complexity index is 221.